The number of carbonyl (C=O) groups is 1. The van der Waals surface area contributed by atoms with E-state index in [4.69, 9.17) is 0 Å². The zero-order valence-electron chi connectivity index (χ0n) is 10.3. The molecule has 0 aliphatic heterocycles. The van der Waals surface area contributed by atoms with Crippen LogP contribution in [0.2, 0.25) is 0 Å². The van der Waals surface area contributed by atoms with Gasteiger partial charge in [-0.05, 0) is 29.8 Å². The topological polar surface area (TPSA) is 60.2 Å². The maximum Gasteiger partial charge on any atom is 0.280 e. The molecule has 0 radical (unpaired) electrons. The molecule has 0 saturated heterocycles. The second kappa shape index (κ2) is 6.25. The van der Waals surface area contributed by atoms with Gasteiger partial charge in [-0.15, -0.1) is 0 Å². The van der Waals surface area contributed by atoms with E-state index in [0.717, 1.165) is 10.0 Å². The minimum atomic E-state index is -0.555. The second-order valence-electron chi connectivity index (χ2n) is 4.02. The third-order valence-corrected chi connectivity index (χ3v) is 3.19. The Morgan fingerprint density at radius 3 is 2.40 bits per heavy atom. The molecule has 0 saturated carbocycles. The lowest BCUT2D eigenvalue weighted by Crippen LogP contribution is -2.00. The standard InChI is InChI=1S/C15H10BrNO3/c16-12-8-5-11(6-9-12)7-10-15(18)13-3-1-2-4-14(13)17(19)20/h1-10H. The molecule has 0 N–H and O–H groups in total. The third-order valence-electron chi connectivity index (χ3n) is 2.66. The van der Waals surface area contributed by atoms with Crippen LogP contribution in [0.15, 0.2) is 59.1 Å². The van der Waals surface area contributed by atoms with Gasteiger partial charge in [0.2, 0.25) is 0 Å². The Bertz CT molecular complexity index is 678. The Labute approximate surface area is 124 Å². The highest BCUT2D eigenvalue weighted by Crippen LogP contribution is 2.19. The molecule has 2 aromatic carbocycles. The molecule has 0 aliphatic rings. The Morgan fingerprint density at radius 1 is 1.10 bits per heavy atom. The molecule has 0 aromatic heterocycles. The zero-order chi connectivity index (χ0) is 14.5. The highest BCUT2D eigenvalue weighted by atomic mass is 79.9. The molecule has 0 atom stereocenters. The van der Waals surface area contributed by atoms with E-state index in [9.17, 15) is 14.9 Å². The smallest absolute Gasteiger partial charge is 0.280 e. The van der Waals surface area contributed by atoms with Crippen LogP contribution in [0, 0.1) is 10.1 Å². The first kappa shape index (κ1) is 14.1. The van der Waals surface area contributed by atoms with Crippen molar-refractivity contribution in [2.45, 2.75) is 0 Å². The van der Waals surface area contributed by atoms with Crippen LogP contribution >= 0.6 is 15.9 Å². The summed E-state index contributed by atoms with van der Waals surface area (Å²) in [5, 5.41) is 10.9. The van der Waals surface area contributed by atoms with E-state index < -0.39 is 4.92 Å². The molecule has 5 heteroatoms. The lowest BCUT2D eigenvalue weighted by molar-refractivity contribution is -0.385. The van der Waals surface area contributed by atoms with Crippen molar-refractivity contribution in [3.63, 3.8) is 0 Å². The Hall–Kier alpha value is -2.27. The van der Waals surface area contributed by atoms with Crippen LogP contribution in [-0.2, 0) is 0 Å². The maximum absolute atomic E-state index is 12.0. The summed E-state index contributed by atoms with van der Waals surface area (Å²) in [5.41, 5.74) is 0.754. The van der Waals surface area contributed by atoms with E-state index in [1.807, 2.05) is 24.3 Å². The number of nitro benzene ring substituents is 1. The summed E-state index contributed by atoms with van der Waals surface area (Å²) in [5.74, 6) is -0.389. The van der Waals surface area contributed by atoms with Gasteiger partial charge < -0.3 is 0 Å². The van der Waals surface area contributed by atoms with E-state index in [1.165, 1.54) is 24.3 Å². The Kier molecular flexibility index (Phi) is 4.42. The van der Waals surface area contributed by atoms with Gasteiger partial charge in [-0.3, -0.25) is 14.9 Å². The quantitative estimate of drug-likeness (QED) is 0.364. The van der Waals surface area contributed by atoms with Crippen LogP contribution in [0.3, 0.4) is 0 Å². The van der Waals surface area contributed by atoms with Crippen LogP contribution < -0.4 is 0 Å². The number of hydrogen-bond donors (Lipinski definition) is 0. The molecular formula is C15H10BrNO3. The molecule has 0 aliphatic carbocycles. The van der Waals surface area contributed by atoms with Crippen molar-refractivity contribution in [1.82, 2.24) is 0 Å². The van der Waals surface area contributed by atoms with Gasteiger partial charge in [0.25, 0.3) is 5.69 Å². The first-order valence-corrected chi connectivity index (χ1v) is 6.58. The van der Waals surface area contributed by atoms with Crippen molar-refractivity contribution >= 4 is 33.5 Å². The number of nitro groups is 1. The van der Waals surface area contributed by atoms with Gasteiger partial charge in [-0.1, -0.05) is 46.3 Å². The summed E-state index contributed by atoms with van der Waals surface area (Å²) in [6, 6.07) is 13.3. The molecule has 2 aromatic rings. The summed E-state index contributed by atoms with van der Waals surface area (Å²) in [4.78, 5) is 22.3. The van der Waals surface area contributed by atoms with Gasteiger partial charge >= 0.3 is 0 Å². The van der Waals surface area contributed by atoms with E-state index in [-0.39, 0.29) is 17.0 Å². The van der Waals surface area contributed by atoms with E-state index in [1.54, 1.807) is 12.1 Å². The largest absolute Gasteiger partial charge is 0.289 e. The van der Waals surface area contributed by atoms with Gasteiger partial charge in [-0.25, -0.2) is 0 Å². The average molecular weight is 332 g/mol. The van der Waals surface area contributed by atoms with E-state index in [0.29, 0.717) is 0 Å². The number of hydrogen-bond acceptors (Lipinski definition) is 3. The summed E-state index contributed by atoms with van der Waals surface area (Å²) in [6.07, 6.45) is 2.97. The van der Waals surface area contributed by atoms with Crippen LogP contribution in [0.5, 0.6) is 0 Å². The van der Waals surface area contributed by atoms with Gasteiger partial charge in [-0.2, -0.15) is 0 Å². The molecule has 0 unspecified atom stereocenters. The number of nitrogens with zero attached hydrogens (tertiary/aromatic N) is 1. The first-order chi connectivity index (χ1) is 9.58. The molecule has 2 rings (SSSR count). The number of rotatable bonds is 4. The Morgan fingerprint density at radius 2 is 1.75 bits per heavy atom. The highest BCUT2D eigenvalue weighted by molar-refractivity contribution is 9.10. The van der Waals surface area contributed by atoms with E-state index in [2.05, 4.69) is 15.9 Å². The van der Waals surface area contributed by atoms with E-state index >= 15 is 0 Å². The molecule has 4 nitrogen and oxygen atoms in total. The van der Waals surface area contributed by atoms with Crippen molar-refractivity contribution < 1.29 is 9.72 Å². The summed E-state index contributed by atoms with van der Waals surface area (Å²) in [7, 11) is 0. The number of para-hydroxylation sites is 1. The molecule has 20 heavy (non-hydrogen) atoms. The molecule has 0 amide bonds. The average Bonchev–Trinajstić information content (AvgIpc) is 2.46. The monoisotopic (exact) mass is 331 g/mol. The molecule has 100 valence electrons. The molecule has 0 heterocycles. The minimum Gasteiger partial charge on any atom is -0.289 e. The zero-order valence-corrected chi connectivity index (χ0v) is 11.9. The fourth-order valence-corrected chi connectivity index (χ4v) is 1.94. The van der Waals surface area contributed by atoms with Crippen molar-refractivity contribution in [3.05, 3.63) is 80.3 Å². The third kappa shape index (κ3) is 3.39. The van der Waals surface area contributed by atoms with Gasteiger partial charge in [0.1, 0.15) is 0 Å². The van der Waals surface area contributed by atoms with Gasteiger partial charge in [0.05, 0.1) is 10.5 Å². The molecular weight excluding hydrogens is 322 g/mol. The van der Waals surface area contributed by atoms with Crippen molar-refractivity contribution in [3.8, 4) is 0 Å². The lowest BCUT2D eigenvalue weighted by Gasteiger charge is -1.98. The normalized spacial score (nSPS) is 10.7. The molecule has 0 bridgehead atoms. The summed E-state index contributed by atoms with van der Waals surface area (Å²) >= 11 is 3.32. The molecule has 0 spiro atoms. The first-order valence-electron chi connectivity index (χ1n) is 5.79. The number of benzene rings is 2. The van der Waals surface area contributed by atoms with Crippen LogP contribution in [0.4, 0.5) is 5.69 Å². The van der Waals surface area contributed by atoms with Crippen LogP contribution in [0.25, 0.3) is 6.08 Å². The predicted octanol–water partition coefficient (Wildman–Crippen LogP) is 4.25. The number of carbonyl (C=O) groups excluding carboxylic acids is 1. The summed E-state index contributed by atoms with van der Waals surface area (Å²) < 4.78 is 0.944. The van der Waals surface area contributed by atoms with Crippen LogP contribution in [0.1, 0.15) is 15.9 Å². The van der Waals surface area contributed by atoms with Crippen LogP contribution in [-0.4, -0.2) is 10.7 Å². The van der Waals surface area contributed by atoms with Gasteiger partial charge in [0.15, 0.2) is 5.78 Å². The lowest BCUT2D eigenvalue weighted by atomic mass is 10.1. The van der Waals surface area contributed by atoms with Crippen molar-refractivity contribution in [2.24, 2.45) is 0 Å². The Balaban J connectivity index is 2.24. The van der Waals surface area contributed by atoms with Crippen molar-refractivity contribution in [1.29, 1.82) is 0 Å². The number of allylic oxidation sites excluding steroid dienone is 1. The fourth-order valence-electron chi connectivity index (χ4n) is 1.68. The fraction of sp³-hybridized carbons (Fsp3) is 0. The highest BCUT2D eigenvalue weighted by Gasteiger charge is 2.16. The minimum absolute atomic E-state index is 0.0888. The molecule has 0 fully saturated rings. The second-order valence-corrected chi connectivity index (χ2v) is 4.94. The predicted molar refractivity (Wildman–Crippen MR) is 80.6 cm³/mol. The van der Waals surface area contributed by atoms with Crippen molar-refractivity contribution in [2.75, 3.05) is 0 Å². The maximum atomic E-state index is 12.0. The summed E-state index contributed by atoms with van der Waals surface area (Å²) in [6.45, 7) is 0. The number of ketones is 1. The van der Waals surface area contributed by atoms with Gasteiger partial charge in [0, 0.05) is 10.5 Å². The number of halogens is 1. The SMILES string of the molecule is O=C(C=Cc1ccc(Br)cc1)c1ccccc1[N+](=O)[O-].